The number of aromatic nitrogens is 5. The SMILES string of the molecule is COc1ccc2[nH]c(=O)c([C@H](c3nnnn3C3CCCCC3)N(Cc3ccccc3)Cc3cccs3)cc2c1. The zero-order valence-corrected chi connectivity index (χ0v) is 22.8. The first-order chi connectivity index (χ1) is 19.2. The van der Waals surface area contributed by atoms with Gasteiger partial charge in [-0.3, -0.25) is 9.69 Å². The van der Waals surface area contributed by atoms with Crippen LogP contribution in [0.15, 0.2) is 76.9 Å². The molecule has 0 radical (unpaired) electrons. The van der Waals surface area contributed by atoms with Crippen LogP contribution in [-0.4, -0.2) is 37.2 Å². The second-order valence-electron chi connectivity index (χ2n) is 10.2. The maximum absolute atomic E-state index is 13.8. The van der Waals surface area contributed by atoms with Crippen molar-refractivity contribution in [1.82, 2.24) is 30.1 Å². The first-order valence-electron chi connectivity index (χ1n) is 13.5. The average Bonchev–Trinajstić information content (AvgIpc) is 3.67. The average molecular weight is 541 g/mol. The number of pyridine rings is 1. The second-order valence-corrected chi connectivity index (χ2v) is 11.2. The molecule has 0 amide bonds. The van der Waals surface area contributed by atoms with Gasteiger partial charge in [-0.1, -0.05) is 55.7 Å². The number of ether oxygens (including phenoxy) is 1. The molecule has 1 aliphatic rings. The molecule has 1 saturated carbocycles. The van der Waals surface area contributed by atoms with E-state index in [4.69, 9.17) is 4.74 Å². The van der Waals surface area contributed by atoms with E-state index >= 15 is 0 Å². The number of thiophene rings is 1. The topological polar surface area (TPSA) is 88.9 Å². The van der Waals surface area contributed by atoms with E-state index in [0.717, 1.165) is 47.9 Å². The predicted molar refractivity (Wildman–Crippen MR) is 153 cm³/mol. The van der Waals surface area contributed by atoms with Gasteiger partial charge in [0.25, 0.3) is 5.56 Å². The molecule has 0 unspecified atom stereocenters. The normalized spacial score (nSPS) is 15.1. The molecule has 200 valence electrons. The molecule has 9 heteroatoms. The predicted octanol–water partition coefficient (Wildman–Crippen LogP) is 5.88. The van der Waals surface area contributed by atoms with Crippen LogP contribution in [0, 0.1) is 0 Å². The van der Waals surface area contributed by atoms with E-state index in [0.29, 0.717) is 24.5 Å². The Morgan fingerprint density at radius 2 is 1.90 bits per heavy atom. The van der Waals surface area contributed by atoms with Gasteiger partial charge in [-0.25, -0.2) is 4.68 Å². The fourth-order valence-corrected chi connectivity index (χ4v) is 6.39. The van der Waals surface area contributed by atoms with E-state index in [2.05, 4.69) is 67.2 Å². The van der Waals surface area contributed by atoms with Gasteiger partial charge in [0.2, 0.25) is 0 Å². The maximum atomic E-state index is 13.8. The van der Waals surface area contributed by atoms with Crippen LogP contribution < -0.4 is 10.3 Å². The molecular formula is C30H32N6O2S. The third-order valence-corrected chi connectivity index (χ3v) is 8.45. The zero-order chi connectivity index (χ0) is 26.6. The number of benzene rings is 2. The second kappa shape index (κ2) is 11.5. The van der Waals surface area contributed by atoms with E-state index < -0.39 is 6.04 Å². The number of methoxy groups -OCH3 is 1. The minimum absolute atomic E-state index is 0.139. The van der Waals surface area contributed by atoms with Crippen LogP contribution in [0.5, 0.6) is 5.75 Å². The van der Waals surface area contributed by atoms with Crippen molar-refractivity contribution in [2.45, 2.75) is 57.3 Å². The summed E-state index contributed by atoms with van der Waals surface area (Å²) in [5, 5.41) is 16.2. The molecule has 0 aliphatic heterocycles. The fraction of sp³-hybridized carbons (Fsp3) is 0.333. The minimum atomic E-state index is -0.455. The third kappa shape index (κ3) is 5.51. The molecule has 2 aromatic carbocycles. The van der Waals surface area contributed by atoms with Crippen LogP contribution in [0.1, 0.15) is 66.0 Å². The van der Waals surface area contributed by atoms with Crippen LogP contribution >= 0.6 is 11.3 Å². The summed E-state index contributed by atoms with van der Waals surface area (Å²) in [5.41, 5.74) is 2.41. The molecule has 0 saturated heterocycles. The van der Waals surface area contributed by atoms with Gasteiger partial charge in [0.1, 0.15) is 11.8 Å². The Bertz CT molecular complexity index is 1570. The lowest BCUT2D eigenvalue weighted by atomic mass is 9.95. The first-order valence-corrected chi connectivity index (χ1v) is 14.4. The van der Waals surface area contributed by atoms with Crippen molar-refractivity contribution < 1.29 is 4.74 Å². The highest BCUT2D eigenvalue weighted by atomic mass is 32.1. The van der Waals surface area contributed by atoms with Crippen LogP contribution in [0.3, 0.4) is 0 Å². The van der Waals surface area contributed by atoms with E-state index in [1.807, 2.05) is 35.0 Å². The highest BCUT2D eigenvalue weighted by Gasteiger charge is 2.33. The zero-order valence-electron chi connectivity index (χ0n) is 22.0. The summed E-state index contributed by atoms with van der Waals surface area (Å²) in [6.07, 6.45) is 5.64. The molecule has 0 spiro atoms. The van der Waals surface area contributed by atoms with Gasteiger partial charge in [0, 0.05) is 34.4 Å². The van der Waals surface area contributed by atoms with E-state index in [1.54, 1.807) is 18.4 Å². The van der Waals surface area contributed by atoms with Gasteiger partial charge < -0.3 is 9.72 Å². The fourth-order valence-electron chi connectivity index (χ4n) is 5.66. The molecule has 1 atom stereocenters. The van der Waals surface area contributed by atoms with Crippen molar-refractivity contribution in [1.29, 1.82) is 0 Å². The molecule has 39 heavy (non-hydrogen) atoms. The lowest BCUT2D eigenvalue weighted by Gasteiger charge is -2.32. The highest BCUT2D eigenvalue weighted by Crippen LogP contribution is 2.35. The van der Waals surface area contributed by atoms with E-state index in [-0.39, 0.29) is 11.6 Å². The Morgan fingerprint density at radius 1 is 1.05 bits per heavy atom. The van der Waals surface area contributed by atoms with Crippen molar-refractivity contribution in [2.24, 2.45) is 0 Å². The smallest absolute Gasteiger partial charge is 0.253 e. The number of nitrogens with zero attached hydrogens (tertiary/aromatic N) is 5. The van der Waals surface area contributed by atoms with Crippen molar-refractivity contribution in [3.63, 3.8) is 0 Å². The Hall–Kier alpha value is -3.82. The van der Waals surface area contributed by atoms with Gasteiger partial charge in [0.05, 0.1) is 13.2 Å². The number of hydrogen-bond acceptors (Lipinski definition) is 7. The lowest BCUT2D eigenvalue weighted by molar-refractivity contribution is 0.188. The number of aromatic amines is 1. The maximum Gasteiger partial charge on any atom is 0.253 e. The molecule has 6 rings (SSSR count). The van der Waals surface area contributed by atoms with E-state index in [9.17, 15) is 4.79 Å². The molecule has 3 aromatic heterocycles. The molecule has 3 heterocycles. The number of nitrogens with one attached hydrogen (secondary N) is 1. The quantitative estimate of drug-likeness (QED) is 0.251. The molecule has 5 aromatic rings. The molecule has 8 nitrogen and oxygen atoms in total. The monoisotopic (exact) mass is 540 g/mol. The Kier molecular flexibility index (Phi) is 7.51. The number of rotatable bonds is 9. The van der Waals surface area contributed by atoms with Crippen molar-refractivity contribution in [2.75, 3.05) is 7.11 Å². The Labute approximate surface area is 231 Å². The standard InChI is InChI=1S/C30H32N6O2S/c1-38-24-14-15-27-22(17-24)18-26(30(37)31-27)28(29-32-33-34-36(29)23-11-6-3-7-12-23)35(20-25-13-8-16-39-25)19-21-9-4-2-5-10-21/h2,4-5,8-10,13-18,23,28H,3,6-7,11-12,19-20H2,1H3,(H,31,37)/t28-/m1/s1. The highest BCUT2D eigenvalue weighted by molar-refractivity contribution is 7.09. The van der Waals surface area contributed by atoms with Gasteiger partial charge in [-0.15, -0.1) is 16.4 Å². The van der Waals surface area contributed by atoms with Gasteiger partial charge in [-0.05, 0) is 64.5 Å². The molecular weight excluding hydrogens is 508 g/mol. The van der Waals surface area contributed by atoms with Crippen molar-refractivity contribution >= 4 is 22.2 Å². The van der Waals surface area contributed by atoms with Crippen LogP contribution in [0.25, 0.3) is 10.9 Å². The Balaban J connectivity index is 1.53. The number of hydrogen-bond donors (Lipinski definition) is 1. The summed E-state index contributed by atoms with van der Waals surface area (Å²) in [6, 6.07) is 22.0. The summed E-state index contributed by atoms with van der Waals surface area (Å²) < 4.78 is 7.47. The number of tetrazole rings is 1. The summed E-state index contributed by atoms with van der Waals surface area (Å²) in [4.78, 5) is 20.4. The third-order valence-electron chi connectivity index (χ3n) is 7.59. The minimum Gasteiger partial charge on any atom is -0.497 e. The van der Waals surface area contributed by atoms with Crippen LogP contribution in [0.2, 0.25) is 0 Å². The summed E-state index contributed by atoms with van der Waals surface area (Å²) in [5.74, 6) is 1.45. The van der Waals surface area contributed by atoms with Crippen LogP contribution in [0.4, 0.5) is 0 Å². The largest absolute Gasteiger partial charge is 0.497 e. The summed E-state index contributed by atoms with van der Waals surface area (Å²) in [7, 11) is 1.65. The number of fused-ring (bicyclic) bond motifs is 1. The Morgan fingerprint density at radius 3 is 2.67 bits per heavy atom. The van der Waals surface area contributed by atoms with Crippen molar-refractivity contribution in [3.8, 4) is 5.75 Å². The van der Waals surface area contributed by atoms with Gasteiger partial charge >= 0.3 is 0 Å². The van der Waals surface area contributed by atoms with Gasteiger partial charge in [-0.2, -0.15) is 0 Å². The molecule has 1 N–H and O–H groups in total. The van der Waals surface area contributed by atoms with Crippen LogP contribution in [-0.2, 0) is 13.1 Å². The lowest BCUT2D eigenvalue weighted by Crippen LogP contribution is -2.35. The van der Waals surface area contributed by atoms with Gasteiger partial charge in [0.15, 0.2) is 5.82 Å². The molecule has 0 bridgehead atoms. The summed E-state index contributed by atoms with van der Waals surface area (Å²) in [6.45, 7) is 1.29. The van der Waals surface area contributed by atoms with E-state index in [1.165, 1.54) is 11.3 Å². The van der Waals surface area contributed by atoms with Crippen molar-refractivity contribution in [3.05, 3.63) is 104 Å². The molecule has 1 fully saturated rings. The first kappa shape index (κ1) is 25.5. The number of H-pyrrole nitrogens is 1. The summed E-state index contributed by atoms with van der Waals surface area (Å²) >= 11 is 1.71. The molecule has 1 aliphatic carbocycles.